The predicted octanol–water partition coefficient (Wildman–Crippen LogP) is 2.87. The highest BCUT2D eigenvalue weighted by molar-refractivity contribution is 5.78. The molecule has 1 aromatic rings. The van der Waals surface area contributed by atoms with Gasteiger partial charge in [-0.15, -0.1) is 0 Å². The first-order chi connectivity index (χ1) is 9.33. The third-order valence-corrected chi connectivity index (χ3v) is 2.90. The number of ether oxygens (including phenoxy) is 1. The average Bonchev–Trinajstić information content (AvgIpc) is 2.37. The van der Waals surface area contributed by atoms with Gasteiger partial charge in [0.15, 0.2) is 0 Å². The molecule has 0 aliphatic carbocycles. The predicted molar refractivity (Wildman–Crippen MR) is 69.3 cm³/mol. The van der Waals surface area contributed by atoms with Gasteiger partial charge in [0.25, 0.3) is 0 Å². The van der Waals surface area contributed by atoms with Gasteiger partial charge in [0.2, 0.25) is 0 Å². The van der Waals surface area contributed by atoms with Crippen molar-refractivity contribution < 1.29 is 22.7 Å². The largest absolute Gasteiger partial charge is 0.469 e. The standard InChI is InChI=1S/C14H18F3NO2/c1-10(8-14(15,16)17)18-9-12(13(19)20-2)11-6-4-3-5-7-11/h3-7,10,12,18H,8-9H2,1-2H3. The molecule has 0 aliphatic heterocycles. The number of carbonyl (C=O) groups excluding carboxylic acids is 1. The zero-order valence-corrected chi connectivity index (χ0v) is 11.4. The molecule has 0 spiro atoms. The van der Waals surface area contributed by atoms with Gasteiger partial charge in [0, 0.05) is 12.6 Å². The van der Waals surface area contributed by atoms with E-state index in [-0.39, 0.29) is 6.54 Å². The second-order valence-corrected chi connectivity index (χ2v) is 4.62. The first kappa shape index (κ1) is 16.5. The minimum Gasteiger partial charge on any atom is -0.469 e. The van der Waals surface area contributed by atoms with E-state index in [4.69, 9.17) is 4.74 Å². The summed E-state index contributed by atoms with van der Waals surface area (Å²) in [6.07, 6.45) is -5.16. The molecule has 0 aromatic heterocycles. The van der Waals surface area contributed by atoms with Crippen molar-refractivity contribution in [1.82, 2.24) is 5.32 Å². The Morgan fingerprint density at radius 2 is 1.90 bits per heavy atom. The van der Waals surface area contributed by atoms with E-state index in [0.29, 0.717) is 5.56 Å². The average molecular weight is 289 g/mol. The quantitative estimate of drug-likeness (QED) is 0.818. The molecular formula is C14H18F3NO2. The topological polar surface area (TPSA) is 38.3 Å². The van der Waals surface area contributed by atoms with Crippen molar-refractivity contribution in [3.63, 3.8) is 0 Å². The normalized spacial score (nSPS) is 14.7. The summed E-state index contributed by atoms with van der Waals surface area (Å²) in [5, 5.41) is 2.73. The van der Waals surface area contributed by atoms with Crippen molar-refractivity contribution in [2.24, 2.45) is 0 Å². The zero-order valence-electron chi connectivity index (χ0n) is 11.4. The lowest BCUT2D eigenvalue weighted by atomic mass is 9.99. The van der Waals surface area contributed by atoms with Crippen LogP contribution in [0.4, 0.5) is 13.2 Å². The van der Waals surface area contributed by atoms with E-state index < -0.39 is 30.5 Å². The van der Waals surface area contributed by atoms with Crippen molar-refractivity contribution >= 4 is 5.97 Å². The smallest absolute Gasteiger partial charge is 0.390 e. The third kappa shape index (κ3) is 5.61. The van der Waals surface area contributed by atoms with Crippen LogP contribution < -0.4 is 5.32 Å². The Labute approximate surface area is 116 Å². The lowest BCUT2D eigenvalue weighted by Gasteiger charge is -2.20. The Morgan fingerprint density at radius 3 is 2.40 bits per heavy atom. The SMILES string of the molecule is COC(=O)C(CNC(C)CC(F)(F)F)c1ccccc1. The molecule has 2 unspecified atom stereocenters. The number of rotatable bonds is 6. The monoisotopic (exact) mass is 289 g/mol. The van der Waals surface area contributed by atoms with Crippen LogP contribution in [0.1, 0.15) is 24.8 Å². The fourth-order valence-electron chi connectivity index (χ4n) is 1.90. The molecule has 2 atom stereocenters. The van der Waals surface area contributed by atoms with Crippen molar-refractivity contribution in [2.75, 3.05) is 13.7 Å². The molecule has 0 bridgehead atoms. The van der Waals surface area contributed by atoms with Crippen LogP contribution in [-0.2, 0) is 9.53 Å². The molecule has 20 heavy (non-hydrogen) atoms. The van der Waals surface area contributed by atoms with Crippen LogP contribution in [0, 0.1) is 0 Å². The van der Waals surface area contributed by atoms with E-state index in [2.05, 4.69) is 5.32 Å². The van der Waals surface area contributed by atoms with E-state index >= 15 is 0 Å². The Bertz CT molecular complexity index is 420. The van der Waals surface area contributed by atoms with Crippen molar-refractivity contribution in [3.05, 3.63) is 35.9 Å². The molecule has 0 radical (unpaired) electrons. The second kappa shape index (κ2) is 7.28. The number of benzene rings is 1. The number of alkyl halides is 3. The molecule has 0 fully saturated rings. The molecule has 0 saturated heterocycles. The first-order valence-electron chi connectivity index (χ1n) is 6.26. The highest BCUT2D eigenvalue weighted by atomic mass is 19.4. The van der Waals surface area contributed by atoms with Gasteiger partial charge in [-0.2, -0.15) is 13.2 Å². The highest BCUT2D eigenvalue weighted by Gasteiger charge is 2.30. The Morgan fingerprint density at radius 1 is 1.30 bits per heavy atom. The Kier molecular flexibility index (Phi) is 6.01. The van der Waals surface area contributed by atoms with Gasteiger partial charge in [-0.05, 0) is 12.5 Å². The molecule has 6 heteroatoms. The number of carbonyl (C=O) groups is 1. The lowest BCUT2D eigenvalue weighted by molar-refractivity contribution is -0.142. The second-order valence-electron chi connectivity index (χ2n) is 4.62. The van der Waals surface area contributed by atoms with Crippen LogP contribution in [0.3, 0.4) is 0 Å². The highest BCUT2D eigenvalue weighted by Crippen LogP contribution is 2.22. The van der Waals surface area contributed by atoms with Gasteiger partial charge < -0.3 is 10.1 Å². The van der Waals surface area contributed by atoms with Gasteiger partial charge in [-0.1, -0.05) is 30.3 Å². The van der Waals surface area contributed by atoms with Crippen molar-refractivity contribution in [1.29, 1.82) is 0 Å². The molecule has 0 saturated carbocycles. The van der Waals surface area contributed by atoms with E-state index in [9.17, 15) is 18.0 Å². The number of halogens is 3. The van der Waals surface area contributed by atoms with E-state index in [1.807, 2.05) is 0 Å². The number of nitrogens with one attached hydrogen (secondary N) is 1. The Balaban J connectivity index is 2.66. The van der Waals surface area contributed by atoms with Crippen LogP contribution in [0.2, 0.25) is 0 Å². The summed E-state index contributed by atoms with van der Waals surface area (Å²) < 4.78 is 41.4. The number of esters is 1. The van der Waals surface area contributed by atoms with Gasteiger partial charge in [0.05, 0.1) is 19.4 Å². The lowest BCUT2D eigenvalue weighted by Crippen LogP contribution is -2.36. The summed E-state index contributed by atoms with van der Waals surface area (Å²) in [6, 6.07) is 8.08. The molecule has 0 aliphatic rings. The van der Waals surface area contributed by atoms with Gasteiger partial charge in [-0.25, -0.2) is 0 Å². The van der Waals surface area contributed by atoms with Crippen molar-refractivity contribution in [2.45, 2.75) is 31.5 Å². The maximum Gasteiger partial charge on any atom is 0.390 e. The fraction of sp³-hybridized carbons (Fsp3) is 0.500. The molecule has 1 aromatic carbocycles. The van der Waals surface area contributed by atoms with Gasteiger partial charge >= 0.3 is 12.1 Å². The molecule has 1 N–H and O–H groups in total. The summed E-state index contributed by atoms with van der Waals surface area (Å²) in [5.74, 6) is -1.08. The van der Waals surface area contributed by atoms with Crippen LogP contribution in [0.5, 0.6) is 0 Å². The number of methoxy groups -OCH3 is 1. The molecule has 112 valence electrons. The maximum absolute atomic E-state index is 12.2. The molecule has 0 heterocycles. The summed E-state index contributed by atoms with van der Waals surface area (Å²) in [7, 11) is 1.26. The van der Waals surface area contributed by atoms with Crippen LogP contribution in [0.15, 0.2) is 30.3 Å². The van der Waals surface area contributed by atoms with Crippen LogP contribution >= 0.6 is 0 Å². The van der Waals surface area contributed by atoms with E-state index in [0.717, 1.165) is 0 Å². The van der Waals surface area contributed by atoms with E-state index in [1.54, 1.807) is 30.3 Å². The molecule has 1 rings (SSSR count). The zero-order chi connectivity index (χ0) is 15.2. The van der Waals surface area contributed by atoms with Crippen molar-refractivity contribution in [3.8, 4) is 0 Å². The number of hydrogen-bond donors (Lipinski definition) is 1. The fourth-order valence-corrected chi connectivity index (χ4v) is 1.90. The summed E-state index contributed by atoms with van der Waals surface area (Å²) >= 11 is 0. The minimum atomic E-state index is -4.22. The van der Waals surface area contributed by atoms with Gasteiger partial charge in [-0.3, -0.25) is 4.79 Å². The molecule has 3 nitrogen and oxygen atoms in total. The third-order valence-electron chi connectivity index (χ3n) is 2.90. The maximum atomic E-state index is 12.2. The van der Waals surface area contributed by atoms with E-state index in [1.165, 1.54) is 14.0 Å². The summed E-state index contributed by atoms with van der Waals surface area (Å²) in [6.45, 7) is 1.54. The van der Waals surface area contributed by atoms with Crippen LogP contribution in [-0.4, -0.2) is 31.8 Å². The van der Waals surface area contributed by atoms with Crippen LogP contribution in [0.25, 0.3) is 0 Å². The first-order valence-corrected chi connectivity index (χ1v) is 6.26. The molecule has 0 amide bonds. The number of hydrogen-bond acceptors (Lipinski definition) is 3. The Hall–Kier alpha value is -1.56. The molecular weight excluding hydrogens is 271 g/mol. The minimum absolute atomic E-state index is 0.105. The summed E-state index contributed by atoms with van der Waals surface area (Å²) in [5.41, 5.74) is 0.714. The summed E-state index contributed by atoms with van der Waals surface area (Å²) in [4.78, 5) is 11.7. The van der Waals surface area contributed by atoms with Gasteiger partial charge in [0.1, 0.15) is 0 Å².